The van der Waals surface area contributed by atoms with Crippen molar-refractivity contribution in [1.29, 1.82) is 0 Å². The largest absolute Gasteiger partial charge is 0.379 e. The van der Waals surface area contributed by atoms with E-state index in [9.17, 15) is 20.2 Å². The Hall–Kier alpha value is -2.46. The molecule has 0 atom stereocenters. The lowest BCUT2D eigenvalue weighted by atomic mass is 10.1. The zero-order valence-electron chi connectivity index (χ0n) is 28.5. The molecule has 1 rings (SSSR count). The standard InChI is InChI=1S/C33H59N3O11/c1-2-3-4-5-6-7-8-9-10-11-12-16-41-18-20-43-22-24-45-26-28-47-29-27-46-25-23-44-21-19-42-17-15-34-32-14-13-31(35(37)38)30-33(32)36(39)40/h13-14,30,34H,2-12,15-29H2,1H3. The van der Waals surface area contributed by atoms with E-state index < -0.39 is 9.85 Å². The van der Waals surface area contributed by atoms with Crippen LogP contribution in [0.5, 0.6) is 0 Å². The lowest BCUT2D eigenvalue weighted by Gasteiger charge is -2.09. The van der Waals surface area contributed by atoms with Crippen molar-refractivity contribution >= 4 is 17.1 Å². The number of non-ortho nitro benzene ring substituents is 1. The minimum absolute atomic E-state index is 0.195. The number of ether oxygens (including phenoxy) is 7. The van der Waals surface area contributed by atoms with Gasteiger partial charge in [-0.05, 0) is 12.5 Å². The van der Waals surface area contributed by atoms with Crippen molar-refractivity contribution in [3.8, 4) is 0 Å². The number of hydrogen-bond donors (Lipinski definition) is 1. The average molecular weight is 674 g/mol. The Morgan fingerprint density at radius 3 is 1.30 bits per heavy atom. The highest BCUT2D eigenvalue weighted by atomic mass is 16.6. The summed E-state index contributed by atoms with van der Waals surface area (Å²) in [4.78, 5) is 20.6. The summed E-state index contributed by atoms with van der Waals surface area (Å²) in [5, 5.41) is 24.8. The molecule has 0 aliphatic carbocycles. The highest BCUT2D eigenvalue weighted by Gasteiger charge is 2.19. The Morgan fingerprint density at radius 1 is 0.511 bits per heavy atom. The van der Waals surface area contributed by atoms with Crippen LogP contribution in [0.1, 0.15) is 77.6 Å². The SMILES string of the molecule is CCCCCCCCCCCCCOCCOCCOCCOCCOCCOCCOCCNc1ccc([N+](=O)[O-])cc1[N+](=O)[O-]. The van der Waals surface area contributed by atoms with Gasteiger partial charge in [-0.2, -0.15) is 0 Å². The second kappa shape index (κ2) is 32.1. The first kappa shape index (κ1) is 42.6. The van der Waals surface area contributed by atoms with Gasteiger partial charge in [0.2, 0.25) is 0 Å². The maximum atomic E-state index is 11.1. The first-order chi connectivity index (χ1) is 23.1. The zero-order valence-corrected chi connectivity index (χ0v) is 28.5. The molecule has 0 saturated heterocycles. The van der Waals surface area contributed by atoms with Crippen molar-refractivity contribution in [3.63, 3.8) is 0 Å². The van der Waals surface area contributed by atoms with Crippen molar-refractivity contribution in [1.82, 2.24) is 0 Å². The minimum Gasteiger partial charge on any atom is -0.379 e. The van der Waals surface area contributed by atoms with E-state index >= 15 is 0 Å². The van der Waals surface area contributed by atoms with Crippen LogP contribution >= 0.6 is 0 Å². The lowest BCUT2D eigenvalue weighted by Crippen LogP contribution is -2.15. The normalized spacial score (nSPS) is 11.3. The molecule has 0 spiro atoms. The molecule has 0 radical (unpaired) electrons. The highest BCUT2D eigenvalue weighted by molar-refractivity contribution is 5.65. The summed E-state index contributed by atoms with van der Waals surface area (Å²) in [7, 11) is 0. The third-order valence-corrected chi connectivity index (χ3v) is 7.07. The Kier molecular flexibility index (Phi) is 29.1. The van der Waals surface area contributed by atoms with Crippen LogP contribution in [0.15, 0.2) is 18.2 Å². The molecule has 1 aromatic rings. The van der Waals surface area contributed by atoms with Crippen molar-refractivity contribution < 1.29 is 43.0 Å². The number of nitro groups is 2. The molecule has 0 amide bonds. The van der Waals surface area contributed by atoms with Crippen LogP contribution in [0.4, 0.5) is 17.1 Å². The van der Waals surface area contributed by atoms with Crippen molar-refractivity contribution in [2.75, 3.05) is 104 Å². The first-order valence-electron chi connectivity index (χ1n) is 17.3. The quantitative estimate of drug-likeness (QED) is 0.0478. The van der Waals surface area contributed by atoms with Gasteiger partial charge in [0.15, 0.2) is 0 Å². The summed E-state index contributed by atoms with van der Waals surface area (Å²) in [5.74, 6) is 0. The fraction of sp³-hybridized carbons (Fsp3) is 0.818. The number of nitrogens with zero attached hydrogens (tertiary/aromatic N) is 2. The molecule has 14 heteroatoms. The van der Waals surface area contributed by atoms with Gasteiger partial charge >= 0.3 is 0 Å². The van der Waals surface area contributed by atoms with Crippen LogP contribution in [-0.4, -0.2) is 109 Å². The van der Waals surface area contributed by atoms with Gasteiger partial charge in [0, 0.05) is 19.2 Å². The van der Waals surface area contributed by atoms with Crippen LogP contribution in [0.3, 0.4) is 0 Å². The second-order valence-electron chi connectivity index (χ2n) is 11.0. The van der Waals surface area contributed by atoms with E-state index in [1.54, 1.807) is 0 Å². The Morgan fingerprint density at radius 2 is 0.894 bits per heavy atom. The highest BCUT2D eigenvalue weighted by Crippen LogP contribution is 2.28. The van der Waals surface area contributed by atoms with E-state index in [0.717, 1.165) is 19.1 Å². The van der Waals surface area contributed by atoms with Crippen LogP contribution in [0, 0.1) is 20.2 Å². The molecule has 0 aliphatic heterocycles. The van der Waals surface area contributed by atoms with E-state index in [-0.39, 0.29) is 23.7 Å². The number of nitrogens with one attached hydrogen (secondary N) is 1. The van der Waals surface area contributed by atoms with E-state index in [2.05, 4.69) is 12.2 Å². The smallest absolute Gasteiger partial charge is 0.299 e. The number of benzene rings is 1. The number of nitro benzene ring substituents is 2. The fourth-order valence-corrected chi connectivity index (χ4v) is 4.48. The van der Waals surface area contributed by atoms with Crippen LogP contribution in [0.25, 0.3) is 0 Å². The maximum Gasteiger partial charge on any atom is 0.299 e. The predicted molar refractivity (Wildman–Crippen MR) is 180 cm³/mol. The molecule has 1 N–H and O–H groups in total. The molecular formula is C33H59N3O11. The molecule has 0 fully saturated rings. The average Bonchev–Trinajstić information content (AvgIpc) is 3.06. The third kappa shape index (κ3) is 26.2. The molecule has 0 heterocycles. The van der Waals surface area contributed by atoms with E-state index in [0.29, 0.717) is 85.8 Å². The summed E-state index contributed by atoms with van der Waals surface area (Å²) in [5.41, 5.74) is -0.500. The topological polar surface area (TPSA) is 163 Å². The third-order valence-electron chi connectivity index (χ3n) is 7.07. The number of unbranched alkanes of at least 4 members (excludes halogenated alkanes) is 10. The molecule has 0 aliphatic rings. The monoisotopic (exact) mass is 673 g/mol. The summed E-state index contributed by atoms with van der Waals surface area (Å²) in [6, 6.07) is 3.45. The van der Waals surface area contributed by atoms with Gasteiger partial charge in [0.25, 0.3) is 11.4 Å². The van der Waals surface area contributed by atoms with E-state index in [1.807, 2.05) is 0 Å². The fourth-order valence-electron chi connectivity index (χ4n) is 4.48. The molecular weight excluding hydrogens is 614 g/mol. The van der Waals surface area contributed by atoms with Gasteiger partial charge in [-0.3, -0.25) is 20.2 Å². The number of rotatable bonds is 36. The van der Waals surface area contributed by atoms with E-state index in [4.69, 9.17) is 33.2 Å². The number of anilines is 1. The molecule has 0 aromatic heterocycles. The van der Waals surface area contributed by atoms with Crippen molar-refractivity contribution in [3.05, 3.63) is 38.4 Å². The molecule has 0 unspecified atom stereocenters. The lowest BCUT2D eigenvalue weighted by molar-refractivity contribution is -0.393. The molecule has 272 valence electrons. The zero-order chi connectivity index (χ0) is 34.0. The molecule has 0 saturated carbocycles. The molecule has 14 nitrogen and oxygen atoms in total. The first-order valence-corrected chi connectivity index (χ1v) is 17.3. The molecule has 0 bridgehead atoms. The Balaban J connectivity index is 1.73. The maximum absolute atomic E-state index is 11.1. The molecule has 47 heavy (non-hydrogen) atoms. The molecule has 1 aromatic carbocycles. The van der Waals surface area contributed by atoms with Gasteiger partial charge in [-0.25, -0.2) is 0 Å². The second-order valence-corrected chi connectivity index (χ2v) is 11.0. The summed E-state index contributed by atoms with van der Waals surface area (Å²) < 4.78 is 38.5. The van der Waals surface area contributed by atoms with Gasteiger partial charge in [0.05, 0.1) is 102 Å². The van der Waals surface area contributed by atoms with Crippen LogP contribution < -0.4 is 5.32 Å². The van der Waals surface area contributed by atoms with E-state index in [1.165, 1.54) is 76.3 Å². The number of hydrogen-bond acceptors (Lipinski definition) is 12. The van der Waals surface area contributed by atoms with Crippen LogP contribution in [0.2, 0.25) is 0 Å². The van der Waals surface area contributed by atoms with Gasteiger partial charge in [-0.15, -0.1) is 0 Å². The van der Waals surface area contributed by atoms with Crippen LogP contribution in [-0.2, 0) is 33.2 Å². The minimum atomic E-state index is -0.674. The summed E-state index contributed by atoms with van der Waals surface area (Å²) in [6.45, 7) is 9.46. The Bertz CT molecular complexity index is 895. The summed E-state index contributed by atoms with van der Waals surface area (Å²) in [6.07, 6.45) is 14.7. The Labute approximate surface area is 280 Å². The van der Waals surface area contributed by atoms with Gasteiger partial charge in [0.1, 0.15) is 5.69 Å². The van der Waals surface area contributed by atoms with Crippen molar-refractivity contribution in [2.24, 2.45) is 0 Å². The predicted octanol–water partition coefficient (Wildman–Crippen LogP) is 6.34. The van der Waals surface area contributed by atoms with Gasteiger partial charge in [-0.1, -0.05) is 71.1 Å². The van der Waals surface area contributed by atoms with Crippen molar-refractivity contribution in [2.45, 2.75) is 77.6 Å². The summed E-state index contributed by atoms with van der Waals surface area (Å²) >= 11 is 0. The van der Waals surface area contributed by atoms with Gasteiger partial charge < -0.3 is 38.5 Å².